The Hall–Kier alpha value is -2.38. The minimum absolute atomic E-state index is 0.103. The summed E-state index contributed by atoms with van der Waals surface area (Å²) >= 11 is 0. The highest BCUT2D eigenvalue weighted by atomic mass is 19.4. The number of rotatable bonds is 2. The van der Waals surface area contributed by atoms with E-state index in [4.69, 9.17) is 0 Å². The van der Waals surface area contributed by atoms with Gasteiger partial charge in [-0.3, -0.25) is 20.6 Å². The molecule has 0 radical (unpaired) electrons. The van der Waals surface area contributed by atoms with Crippen LogP contribution in [0.25, 0.3) is 10.9 Å². The van der Waals surface area contributed by atoms with Gasteiger partial charge in [0, 0.05) is 24.7 Å². The Balaban J connectivity index is 2.49. The first-order chi connectivity index (χ1) is 8.88. The number of halogens is 3. The van der Waals surface area contributed by atoms with Crippen molar-refractivity contribution in [1.82, 2.24) is 15.4 Å². The lowest BCUT2D eigenvalue weighted by Gasteiger charge is -2.10. The maximum Gasteiger partial charge on any atom is 0.417 e. The Morgan fingerprint density at radius 1 is 1.32 bits per heavy atom. The van der Waals surface area contributed by atoms with Crippen LogP contribution < -0.4 is 10.9 Å². The van der Waals surface area contributed by atoms with Gasteiger partial charge in [-0.15, -0.1) is 0 Å². The molecule has 0 spiro atoms. The minimum atomic E-state index is -4.48. The molecule has 2 heterocycles. The van der Waals surface area contributed by atoms with E-state index in [0.717, 1.165) is 12.3 Å². The summed E-state index contributed by atoms with van der Waals surface area (Å²) in [4.78, 5) is 18.4. The Morgan fingerprint density at radius 2 is 2.05 bits per heavy atom. The zero-order valence-electron chi connectivity index (χ0n) is 9.75. The summed E-state index contributed by atoms with van der Waals surface area (Å²) in [5.41, 5.74) is 4.17. The van der Waals surface area contributed by atoms with Crippen molar-refractivity contribution in [3.05, 3.63) is 30.1 Å². The predicted octanol–water partition coefficient (Wildman–Crippen LogP) is 2.11. The number of aromatic nitrogens is 2. The van der Waals surface area contributed by atoms with Crippen LogP contribution >= 0.6 is 0 Å². The van der Waals surface area contributed by atoms with E-state index in [1.165, 1.54) is 19.2 Å². The molecule has 5 nitrogen and oxygen atoms in total. The first kappa shape index (κ1) is 13.1. The van der Waals surface area contributed by atoms with Crippen molar-refractivity contribution in [2.75, 3.05) is 5.43 Å². The van der Waals surface area contributed by atoms with Crippen molar-refractivity contribution in [2.45, 2.75) is 13.1 Å². The molecule has 0 fully saturated rings. The van der Waals surface area contributed by atoms with Crippen LogP contribution in [0.3, 0.4) is 0 Å². The Kier molecular flexibility index (Phi) is 3.24. The smallest absolute Gasteiger partial charge is 0.281 e. The van der Waals surface area contributed by atoms with Gasteiger partial charge < -0.3 is 0 Å². The molecule has 0 aliphatic heterocycles. The van der Waals surface area contributed by atoms with Crippen LogP contribution in [0.4, 0.5) is 19.0 Å². The fourth-order valence-electron chi connectivity index (χ4n) is 1.45. The molecule has 19 heavy (non-hydrogen) atoms. The Bertz CT molecular complexity index is 627. The molecule has 0 aromatic carbocycles. The standard InChI is InChI=1S/C11H9F3N4O/c1-6(19)17-18-10-8-4-7(11(12,13)14)5-16-9(8)2-3-15-10/h2-5H,1H3,(H,15,18)(H,17,19). The van der Waals surface area contributed by atoms with Crippen molar-refractivity contribution in [3.8, 4) is 0 Å². The lowest BCUT2D eigenvalue weighted by molar-refractivity contribution is -0.137. The number of amides is 1. The van der Waals surface area contributed by atoms with E-state index in [1.807, 2.05) is 0 Å². The summed E-state index contributed by atoms with van der Waals surface area (Å²) in [5, 5.41) is 0.172. The van der Waals surface area contributed by atoms with Gasteiger partial charge in [0.15, 0.2) is 5.82 Å². The maximum absolute atomic E-state index is 12.6. The molecule has 2 aromatic heterocycles. The van der Waals surface area contributed by atoms with E-state index in [0.29, 0.717) is 5.52 Å². The predicted molar refractivity (Wildman–Crippen MR) is 62.0 cm³/mol. The summed E-state index contributed by atoms with van der Waals surface area (Å²) in [6, 6.07) is 2.41. The molecule has 1 amide bonds. The summed E-state index contributed by atoms with van der Waals surface area (Å²) in [7, 11) is 0. The van der Waals surface area contributed by atoms with Crippen LogP contribution in [-0.4, -0.2) is 15.9 Å². The second-order valence-electron chi connectivity index (χ2n) is 3.75. The molecular formula is C11H9F3N4O. The van der Waals surface area contributed by atoms with Crippen molar-refractivity contribution in [3.63, 3.8) is 0 Å². The molecule has 8 heteroatoms. The summed E-state index contributed by atoms with van der Waals surface area (Å²) in [6.07, 6.45) is -2.35. The highest BCUT2D eigenvalue weighted by Gasteiger charge is 2.31. The molecule has 0 unspecified atom stereocenters. The van der Waals surface area contributed by atoms with Crippen LogP contribution in [0.5, 0.6) is 0 Å². The van der Waals surface area contributed by atoms with Crippen molar-refractivity contribution in [2.24, 2.45) is 0 Å². The van der Waals surface area contributed by atoms with E-state index in [9.17, 15) is 18.0 Å². The molecule has 100 valence electrons. The zero-order chi connectivity index (χ0) is 14.0. The summed E-state index contributed by atoms with van der Waals surface area (Å²) in [6.45, 7) is 1.26. The molecule has 0 atom stereocenters. The van der Waals surface area contributed by atoms with E-state index >= 15 is 0 Å². The third-order valence-electron chi connectivity index (χ3n) is 2.29. The zero-order valence-corrected chi connectivity index (χ0v) is 9.75. The third kappa shape index (κ3) is 2.90. The van der Waals surface area contributed by atoms with Crippen LogP contribution in [-0.2, 0) is 11.0 Å². The van der Waals surface area contributed by atoms with Crippen LogP contribution in [0, 0.1) is 0 Å². The SMILES string of the molecule is CC(=O)NNc1nccc2ncc(C(F)(F)F)cc12. The largest absolute Gasteiger partial charge is 0.417 e. The number of carbonyl (C=O) groups excluding carboxylic acids is 1. The van der Waals surface area contributed by atoms with Gasteiger partial charge in [-0.25, -0.2) is 4.98 Å². The molecule has 0 saturated heterocycles. The molecule has 2 rings (SSSR count). The fraction of sp³-hybridized carbons (Fsp3) is 0.182. The number of nitrogens with one attached hydrogen (secondary N) is 2. The second kappa shape index (κ2) is 4.71. The van der Waals surface area contributed by atoms with Gasteiger partial charge in [-0.1, -0.05) is 0 Å². The summed E-state index contributed by atoms with van der Waals surface area (Å²) in [5.74, 6) is -0.287. The highest BCUT2D eigenvalue weighted by molar-refractivity contribution is 5.90. The van der Waals surface area contributed by atoms with Gasteiger partial charge >= 0.3 is 6.18 Å². The van der Waals surface area contributed by atoms with Gasteiger partial charge in [0.2, 0.25) is 5.91 Å². The van der Waals surface area contributed by atoms with Crippen LogP contribution in [0.2, 0.25) is 0 Å². The number of nitrogens with zero attached hydrogens (tertiary/aromatic N) is 2. The minimum Gasteiger partial charge on any atom is -0.281 e. The number of hydrogen-bond acceptors (Lipinski definition) is 4. The highest BCUT2D eigenvalue weighted by Crippen LogP contribution is 2.31. The number of pyridine rings is 2. The quantitative estimate of drug-likeness (QED) is 0.820. The molecule has 2 aromatic rings. The fourth-order valence-corrected chi connectivity index (χ4v) is 1.45. The van der Waals surface area contributed by atoms with Gasteiger partial charge in [-0.2, -0.15) is 13.2 Å². The lowest BCUT2D eigenvalue weighted by Crippen LogP contribution is -2.27. The van der Waals surface area contributed by atoms with E-state index in [-0.39, 0.29) is 11.2 Å². The molecule has 0 saturated carbocycles. The van der Waals surface area contributed by atoms with E-state index in [1.54, 1.807) is 0 Å². The van der Waals surface area contributed by atoms with E-state index in [2.05, 4.69) is 20.8 Å². The topological polar surface area (TPSA) is 66.9 Å². The number of hydrogen-bond donors (Lipinski definition) is 2. The van der Waals surface area contributed by atoms with Gasteiger partial charge in [0.05, 0.1) is 11.1 Å². The molecule has 0 bridgehead atoms. The third-order valence-corrected chi connectivity index (χ3v) is 2.29. The molecule has 2 N–H and O–H groups in total. The Labute approximate surface area is 105 Å². The summed E-state index contributed by atoms with van der Waals surface area (Å²) < 4.78 is 37.8. The monoisotopic (exact) mass is 270 g/mol. The van der Waals surface area contributed by atoms with Gasteiger partial charge in [0.25, 0.3) is 0 Å². The first-order valence-electron chi connectivity index (χ1n) is 5.22. The number of anilines is 1. The molecular weight excluding hydrogens is 261 g/mol. The van der Waals surface area contributed by atoms with Crippen LogP contribution in [0.15, 0.2) is 24.5 Å². The maximum atomic E-state index is 12.6. The van der Waals surface area contributed by atoms with Crippen LogP contribution in [0.1, 0.15) is 12.5 Å². The first-order valence-corrected chi connectivity index (χ1v) is 5.22. The number of carbonyl (C=O) groups is 1. The lowest BCUT2D eigenvalue weighted by atomic mass is 10.2. The van der Waals surface area contributed by atoms with E-state index < -0.39 is 17.6 Å². The molecule has 0 aliphatic carbocycles. The van der Waals surface area contributed by atoms with Crippen molar-refractivity contribution in [1.29, 1.82) is 0 Å². The normalized spacial score (nSPS) is 11.4. The molecule has 0 aliphatic rings. The number of hydrazine groups is 1. The average Bonchev–Trinajstić information content (AvgIpc) is 2.34. The Morgan fingerprint density at radius 3 is 2.68 bits per heavy atom. The van der Waals surface area contributed by atoms with Gasteiger partial charge in [-0.05, 0) is 12.1 Å². The number of fused-ring (bicyclic) bond motifs is 1. The van der Waals surface area contributed by atoms with Crippen molar-refractivity contribution >= 4 is 22.6 Å². The van der Waals surface area contributed by atoms with Crippen molar-refractivity contribution < 1.29 is 18.0 Å². The average molecular weight is 270 g/mol. The number of alkyl halides is 3. The second-order valence-corrected chi connectivity index (χ2v) is 3.75. The van der Waals surface area contributed by atoms with Gasteiger partial charge in [0.1, 0.15) is 0 Å².